The van der Waals surface area contributed by atoms with Crippen molar-refractivity contribution in [2.24, 2.45) is 0 Å². The largest absolute Gasteiger partial charge is 0.457 e. The lowest BCUT2D eigenvalue weighted by Gasteiger charge is -2.17. The molecular formula is C27H21NO3. The van der Waals surface area contributed by atoms with E-state index in [1.807, 2.05) is 72.8 Å². The van der Waals surface area contributed by atoms with Gasteiger partial charge in [0.15, 0.2) is 0 Å². The molecule has 0 bridgehead atoms. The van der Waals surface area contributed by atoms with E-state index >= 15 is 0 Å². The summed E-state index contributed by atoms with van der Waals surface area (Å²) < 4.78 is 11.4. The zero-order valence-electron chi connectivity index (χ0n) is 17.1. The van der Waals surface area contributed by atoms with Crippen LogP contribution in [0.2, 0.25) is 0 Å². The van der Waals surface area contributed by atoms with Gasteiger partial charge < -0.3 is 9.47 Å². The molecule has 0 aromatic heterocycles. The van der Waals surface area contributed by atoms with Gasteiger partial charge in [0.1, 0.15) is 17.6 Å². The highest BCUT2D eigenvalue weighted by Gasteiger charge is 2.23. The quantitative estimate of drug-likeness (QED) is 0.340. The number of carbonyl (C=O) groups is 1. The van der Waals surface area contributed by atoms with Crippen LogP contribution in [0.5, 0.6) is 11.5 Å². The summed E-state index contributed by atoms with van der Waals surface area (Å²) in [5.41, 5.74) is 1.41. The summed E-state index contributed by atoms with van der Waals surface area (Å²) in [6.45, 7) is 1.79. The number of rotatable bonds is 6. The molecule has 0 aliphatic rings. The van der Waals surface area contributed by atoms with Crippen molar-refractivity contribution in [3.63, 3.8) is 0 Å². The SMILES string of the molecule is CC(C(=O)OC(C#N)c1cccc(Oc2ccccc2)c1)c1ccc2ccccc2c1. The average Bonchev–Trinajstić information content (AvgIpc) is 2.82. The van der Waals surface area contributed by atoms with Crippen molar-refractivity contribution in [3.8, 4) is 17.6 Å². The van der Waals surface area contributed by atoms with Crippen LogP contribution in [0.3, 0.4) is 0 Å². The van der Waals surface area contributed by atoms with Crippen molar-refractivity contribution in [3.05, 3.63) is 108 Å². The predicted molar refractivity (Wildman–Crippen MR) is 120 cm³/mol. The third kappa shape index (κ3) is 4.73. The molecule has 0 amide bonds. The van der Waals surface area contributed by atoms with Crippen molar-refractivity contribution < 1.29 is 14.3 Å². The van der Waals surface area contributed by atoms with E-state index in [-0.39, 0.29) is 0 Å². The van der Waals surface area contributed by atoms with Crippen molar-refractivity contribution >= 4 is 16.7 Å². The Morgan fingerprint density at radius 2 is 1.48 bits per heavy atom. The number of fused-ring (bicyclic) bond motifs is 1. The molecule has 2 atom stereocenters. The molecule has 0 saturated carbocycles. The summed E-state index contributed by atoms with van der Waals surface area (Å²) in [6.07, 6.45) is -1.02. The summed E-state index contributed by atoms with van der Waals surface area (Å²) in [4.78, 5) is 12.8. The molecule has 4 aromatic carbocycles. The summed E-state index contributed by atoms with van der Waals surface area (Å²) in [5.74, 6) is 0.318. The molecular weight excluding hydrogens is 386 g/mol. The molecule has 2 unspecified atom stereocenters. The second-order valence-electron chi connectivity index (χ2n) is 7.26. The number of esters is 1. The van der Waals surface area contributed by atoms with Gasteiger partial charge in [0.25, 0.3) is 0 Å². The first-order valence-electron chi connectivity index (χ1n) is 10.1. The normalized spacial score (nSPS) is 12.5. The zero-order chi connectivity index (χ0) is 21.6. The molecule has 4 heteroatoms. The number of carbonyl (C=O) groups excluding carboxylic acids is 1. The summed E-state index contributed by atoms with van der Waals surface area (Å²) in [6, 6.07) is 32.3. The topological polar surface area (TPSA) is 59.3 Å². The second kappa shape index (κ2) is 9.15. The summed E-state index contributed by atoms with van der Waals surface area (Å²) >= 11 is 0. The van der Waals surface area contributed by atoms with Gasteiger partial charge in [-0.05, 0) is 47.5 Å². The van der Waals surface area contributed by atoms with E-state index in [1.54, 1.807) is 31.2 Å². The Hall–Kier alpha value is -4.10. The number of nitrogens with zero attached hydrogens (tertiary/aromatic N) is 1. The van der Waals surface area contributed by atoms with Crippen LogP contribution in [-0.2, 0) is 9.53 Å². The average molecular weight is 407 g/mol. The molecule has 4 aromatic rings. The number of ether oxygens (including phenoxy) is 2. The maximum Gasteiger partial charge on any atom is 0.314 e. The highest BCUT2D eigenvalue weighted by molar-refractivity contribution is 5.85. The Kier molecular flexibility index (Phi) is 5.96. The van der Waals surface area contributed by atoms with E-state index in [9.17, 15) is 10.1 Å². The van der Waals surface area contributed by atoms with Crippen molar-refractivity contribution in [1.29, 1.82) is 5.26 Å². The van der Waals surface area contributed by atoms with Gasteiger partial charge in [-0.3, -0.25) is 4.79 Å². The van der Waals surface area contributed by atoms with Gasteiger partial charge in [0.2, 0.25) is 6.10 Å². The minimum Gasteiger partial charge on any atom is -0.457 e. The second-order valence-corrected chi connectivity index (χ2v) is 7.26. The van der Waals surface area contributed by atoms with Crippen LogP contribution in [0.1, 0.15) is 30.1 Å². The number of hydrogen-bond donors (Lipinski definition) is 0. The van der Waals surface area contributed by atoms with Crippen LogP contribution < -0.4 is 4.74 Å². The van der Waals surface area contributed by atoms with Crippen molar-refractivity contribution in [1.82, 2.24) is 0 Å². The summed E-state index contributed by atoms with van der Waals surface area (Å²) in [7, 11) is 0. The number of benzene rings is 4. The third-order valence-electron chi connectivity index (χ3n) is 5.12. The molecule has 0 heterocycles. The van der Waals surface area contributed by atoms with E-state index in [0.717, 1.165) is 16.3 Å². The number of hydrogen-bond acceptors (Lipinski definition) is 4. The third-order valence-corrected chi connectivity index (χ3v) is 5.12. The minimum absolute atomic E-state index is 0.448. The monoisotopic (exact) mass is 407 g/mol. The first-order chi connectivity index (χ1) is 15.1. The Morgan fingerprint density at radius 3 is 2.26 bits per heavy atom. The molecule has 0 fully saturated rings. The molecule has 31 heavy (non-hydrogen) atoms. The minimum atomic E-state index is -1.02. The fraction of sp³-hybridized carbons (Fsp3) is 0.111. The van der Waals surface area contributed by atoms with E-state index in [2.05, 4.69) is 6.07 Å². The Morgan fingerprint density at radius 1 is 0.774 bits per heavy atom. The Balaban J connectivity index is 1.49. The van der Waals surface area contributed by atoms with E-state index in [0.29, 0.717) is 17.1 Å². The molecule has 152 valence electrons. The lowest BCUT2D eigenvalue weighted by Crippen LogP contribution is -2.16. The van der Waals surface area contributed by atoms with Gasteiger partial charge in [-0.1, -0.05) is 72.8 Å². The van der Waals surface area contributed by atoms with Gasteiger partial charge in [-0.25, -0.2) is 0 Å². The van der Waals surface area contributed by atoms with Gasteiger partial charge in [0, 0.05) is 5.56 Å². The van der Waals surface area contributed by atoms with E-state index < -0.39 is 18.0 Å². The molecule has 0 radical (unpaired) electrons. The lowest BCUT2D eigenvalue weighted by molar-refractivity contribution is -0.148. The molecule has 0 spiro atoms. The molecule has 0 N–H and O–H groups in total. The number of para-hydroxylation sites is 1. The van der Waals surface area contributed by atoms with Crippen LogP contribution in [-0.4, -0.2) is 5.97 Å². The van der Waals surface area contributed by atoms with Gasteiger partial charge >= 0.3 is 5.97 Å². The molecule has 4 rings (SSSR count). The zero-order valence-corrected chi connectivity index (χ0v) is 17.1. The molecule has 0 saturated heterocycles. The molecule has 4 nitrogen and oxygen atoms in total. The maximum absolute atomic E-state index is 12.8. The first-order valence-corrected chi connectivity index (χ1v) is 10.1. The van der Waals surface area contributed by atoms with Gasteiger partial charge in [-0.15, -0.1) is 0 Å². The van der Waals surface area contributed by atoms with Crippen LogP contribution in [0, 0.1) is 11.3 Å². The van der Waals surface area contributed by atoms with Crippen molar-refractivity contribution in [2.45, 2.75) is 18.9 Å². The van der Waals surface area contributed by atoms with Gasteiger partial charge in [-0.2, -0.15) is 5.26 Å². The van der Waals surface area contributed by atoms with Gasteiger partial charge in [0.05, 0.1) is 5.92 Å². The maximum atomic E-state index is 12.8. The van der Waals surface area contributed by atoms with E-state index in [4.69, 9.17) is 9.47 Å². The standard InChI is InChI=1S/C27H21NO3/c1-19(21-15-14-20-8-5-6-9-22(20)16-21)27(29)31-26(18-28)23-10-7-13-25(17-23)30-24-11-3-2-4-12-24/h2-17,19,26H,1H3. The first kappa shape index (κ1) is 20.2. The molecule has 0 aliphatic heterocycles. The van der Waals surface area contributed by atoms with Crippen LogP contribution in [0.4, 0.5) is 0 Å². The van der Waals surface area contributed by atoms with Crippen LogP contribution >= 0.6 is 0 Å². The molecule has 0 aliphatic carbocycles. The fourth-order valence-electron chi connectivity index (χ4n) is 3.37. The summed E-state index contributed by atoms with van der Waals surface area (Å²) in [5, 5.41) is 11.8. The number of nitriles is 1. The lowest BCUT2D eigenvalue weighted by atomic mass is 9.98. The highest BCUT2D eigenvalue weighted by atomic mass is 16.5. The smallest absolute Gasteiger partial charge is 0.314 e. The van der Waals surface area contributed by atoms with Crippen LogP contribution in [0.25, 0.3) is 10.8 Å². The van der Waals surface area contributed by atoms with Crippen LogP contribution in [0.15, 0.2) is 97.1 Å². The van der Waals surface area contributed by atoms with Crippen molar-refractivity contribution in [2.75, 3.05) is 0 Å². The highest BCUT2D eigenvalue weighted by Crippen LogP contribution is 2.28. The Bertz CT molecular complexity index is 1240. The fourth-order valence-corrected chi connectivity index (χ4v) is 3.37. The van der Waals surface area contributed by atoms with E-state index in [1.165, 1.54) is 0 Å². The Labute approximate surface area is 181 Å². The predicted octanol–water partition coefficient (Wildman–Crippen LogP) is 6.54.